The first-order chi connectivity index (χ1) is 33.7. The van der Waals surface area contributed by atoms with Crippen LogP contribution in [0.15, 0.2) is 58.7 Å². The van der Waals surface area contributed by atoms with Gasteiger partial charge in [0.1, 0.15) is 46.7 Å². The average Bonchev–Trinajstić information content (AvgIpc) is 3.32. The minimum Gasteiger partial charge on any atom is -0.505 e. The lowest BCUT2D eigenvalue weighted by molar-refractivity contribution is -0.333. The number of carbonyl (C=O) groups excluding carboxylic acids is 3. The Labute approximate surface area is 431 Å². The van der Waals surface area contributed by atoms with E-state index in [9.17, 15) is 50.1 Å². The molecule has 3 aliphatic heterocycles. The quantitative estimate of drug-likeness (QED) is 0.0655. The maximum absolute atomic E-state index is 13.9. The van der Waals surface area contributed by atoms with Crippen molar-refractivity contribution in [2.45, 2.75) is 187 Å². The molecule has 0 bridgehead atoms. The standard InChI is InChI=1S/C52H74Cl2O18/c1-13-30-22-26(6)33(56)18-16-15-17-31(23-66-51-45(65-12)42(61)44(29(9)67-51)69-49(64)35-32(14-2)36(53)39(58)37(54)38(35)57)48(63)68-34(28(8)55)20-19-25(5)21-27(7)43(30)70-50-41(60)40(59)46(52(10,11)72-50)71-47(62)24(3)4/h15-17,19,21-22,24,28-30,33-34,40-46,50-51,55-61H,13-14,18,20,23H2,1-12H3/b16-15+,25-19+,26-22+,27-21+,31-17+/t28-,29-,30-,33-,34+,40+,41-,42+,43-,44-,45+,46-,50+,51-/m0/s1. The van der Waals surface area contributed by atoms with Crippen LogP contribution in [0.4, 0.5) is 0 Å². The molecule has 0 amide bonds. The Morgan fingerprint density at radius 2 is 1.57 bits per heavy atom. The maximum atomic E-state index is 13.9. The van der Waals surface area contributed by atoms with Crippen molar-refractivity contribution in [3.63, 3.8) is 0 Å². The third-order valence-electron chi connectivity index (χ3n) is 13.0. The van der Waals surface area contributed by atoms with Gasteiger partial charge in [0.05, 0.1) is 47.5 Å². The topological polar surface area (TPSA) is 267 Å². The molecule has 14 atom stereocenters. The average molecular weight is 1060 g/mol. The number of ether oxygens (including phenoxy) is 8. The molecule has 1 aromatic carbocycles. The summed E-state index contributed by atoms with van der Waals surface area (Å²) in [6.07, 6.45) is -5.45. The Balaban J connectivity index is 1.61. The summed E-state index contributed by atoms with van der Waals surface area (Å²) in [4.78, 5) is 40.0. The molecule has 0 unspecified atom stereocenters. The fourth-order valence-electron chi connectivity index (χ4n) is 8.60. The van der Waals surface area contributed by atoms with E-state index in [1.54, 1.807) is 53.7 Å². The van der Waals surface area contributed by atoms with E-state index >= 15 is 0 Å². The lowest BCUT2D eigenvalue weighted by Crippen LogP contribution is -2.64. The minimum absolute atomic E-state index is 0.0372. The summed E-state index contributed by atoms with van der Waals surface area (Å²) in [7, 11) is 1.26. The summed E-state index contributed by atoms with van der Waals surface area (Å²) < 4.78 is 47.5. The minimum atomic E-state index is -1.61. The SMILES string of the molecule is CCc1c(Cl)c(O)c(Cl)c(O)c1C(=O)O[C@@H]1[C@@H](O)[C@@H](OC)[C@@H](OC/C2=C\C=C\C[C@H](O)/C(C)=C/[C@H](CC)[C@@H](O[C@@H]3OC(C)(C)[C@@H](OC(=O)C(C)C)[C@H](O)[C@@H]3O)/C(C)=C/C(C)=C/C[C@H]([C@H](C)O)OC2=O)O[C@H]1C. The highest BCUT2D eigenvalue weighted by Gasteiger charge is 2.53. The van der Waals surface area contributed by atoms with Gasteiger partial charge in [-0.15, -0.1) is 0 Å². The van der Waals surface area contributed by atoms with Crippen molar-refractivity contribution < 1.29 is 88.0 Å². The Morgan fingerprint density at radius 1 is 0.903 bits per heavy atom. The number of aromatic hydroxyl groups is 2. The molecule has 2 fully saturated rings. The highest BCUT2D eigenvalue weighted by atomic mass is 35.5. The zero-order valence-electron chi connectivity index (χ0n) is 43.0. The number of benzene rings is 1. The molecule has 18 nitrogen and oxygen atoms in total. The van der Waals surface area contributed by atoms with Crippen LogP contribution in [0.5, 0.6) is 11.5 Å². The second-order valence-electron chi connectivity index (χ2n) is 19.4. The zero-order valence-corrected chi connectivity index (χ0v) is 44.5. The molecule has 2 saturated heterocycles. The van der Waals surface area contributed by atoms with E-state index in [1.807, 2.05) is 32.9 Å². The van der Waals surface area contributed by atoms with Crippen LogP contribution in [0.25, 0.3) is 0 Å². The number of methoxy groups -OCH3 is 1. The molecule has 0 radical (unpaired) electrons. The van der Waals surface area contributed by atoms with E-state index in [1.165, 1.54) is 33.1 Å². The normalized spacial score (nSPS) is 34.8. The molecule has 4 rings (SSSR count). The number of esters is 3. The lowest BCUT2D eigenvalue weighted by atomic mass is 9.88. The monoisotopic (exact) mass is 1060 g/mol. The van der Waals surface area contributed by atoms with Crippen molar-refractivity contribution in [1.82, 2.24) is 0 Å². The third-order valence-corrected chi connectivity index (χ3v) is 13.8. The van der Waals surface area contributed by atoms with Gasteiger partial charge in [-0.25, -0.2) is 9.59 Å². The number of phenolic OH excluding ortho intramolecular Hbond substituents is 2. The molecule has 3 aliphatic rings. The third kappa shape index (κ3) is 14.7. The van der Waals surface area contributed by atoms with Crippen molar-refractivity contribution in [1.29, 1.82) is 0 Å². The fourth-order valence-corrected chi connectivity index (χ4v) is 9.16. The first-order valence-electron chi connectivity index (χ1n) is 24.2. The van der Waals surface area contributed by atoms with Crippen LogP contribution < -0.4 is 0 Å². The van der Waals surface area contributed by atoms with E-state index in [0.29, 0.717) is 23.1 Å². The Morgan fingerprint density at radius 3 is 2.17 bits per heavy atom. The predicted octanol–water partition coefficient (Wildman–Crippen LogP) is 6.23. The van der Waals surface area contributed by atoms with Gasteiger partial charge in [-0.1, -0.05) is 86.9 Å². The lowest BCUT2D eigenvalue weighted by Gasteiger charge is -2.47. The number of rotatable bonds is 13. The number of cyclic esters (lactones) is 1. The molecule has 20 heteroatoms. The molecule has 1 aromatic rings. The van der Waals surface area contributed by atoms with E-state index < -0.39 is 144 Å². The molecule has 0 spiro atoms. The number of aliphatic hydroxyl groups excluding tert-OH is 5. The molecule has 72 heavy (non-hydrogen) atoms. The summed E-state index contributed by atoms with van der Waals surface area (Å²) in [5.41, 5.74) is 0.318. The summed E-state index contributed by atoms with van der Waals surface area (Å²) in [6.45, 7) is 18.1. The molecule has 7 N–H and O–H groups in total. The summed E-state index contributed by atoms with van der Waals surface area (Å²) in [5.74, 6) is -4.78. The molecule has 0 aromatic heterocycles. The van der Waals surface area contributed by atoms with Gasteiger partial charge in [0.2, 0.25) is 0 Å². The van der Waals surface area contributed by atoms with Crippen LogP contribution in [-0.4, -0.2) is 153 Å². The Kier molecular flexibility index (Phi) is 22.4. The van der Waals surface area contributed by atoms with Gasteiger partial charge in [-0.2, -0.15) is 0 Å². The smallest absolute Gasteiger partial charge is 0.342 e. The van der Waals surface area contributed by atoms with Gasteiger partial charge in [0.25, 0.3) is 0 Å². The number of hydrogen-bond donors (Lipinski definition) is 7. The second kappa shape index (κ2) is 26.5. The molecule has 3 heterocycles. The largest absolute Gasteiger partial charge is 0.505 e. The summed E-state index contributed by atoms with van der Waals surface area (Å²) >= 11 is 12.3. The van der Waals surface area contributed by atoms with Crippen LogP contribution in [0.2, 0.25) is 10.0 Å². The fraction of sp³-hybridized carbons (Fsp3) is 0.635. The number of allylic oxidation sites excluding steroid dienone is 4. The number of carbonyl (C=O) groups is 3. The number of hydrogen-bond acceptors (Lipinski definition) is 18. The van der Waals surface area contributed by atoms with Gasteiger partial charge in [0, 0.05) is 19.4 Å². The van der Waals surface area contributed by atoms with Gasteiger partial charge in [0.15, 0.2) is 36.3 Å². The van der Waals surface area contributed by atoms with Crippen LogP contribution in [0.3, 0.4) is 0 Å². The number of halogens is 2. The van der Waals surface area contributed by atoms with Crippen LogP contribution in [0.1, 0.15) is 111 Å². The van der Waals surface area contributed by atoms with Crippen molar-refractivity contribution in [2.24, 2.45) is 11.8 Å². The van der Waals surface area contributed by atoms with Crippen molar-refractivity contribution in [2.75, 3.05) is 13.7 Å². The maximum Gasteiger partial charge on any atom is 0.342 e. The predicted molar refractivity (Wildman–Crippen MR) is 265 cm³/mol. The van der Waals surface area contributed by atoms with Gasteiger partial charge in [-0.3, -0.25) is 4.79 Å². The number of aliphatic hydroxyl groups is 5. The van der Waals surface area contributed by atoms with Gasteiger partial charge < -0.3 is 73.6 Å². The molecular weight excluding hydrogens is 983 g/mol. The first-order valence-corrected chi connectivity index (χ1v) is 24.9. The molecular formula is C52H74Cl2O18. The van der Waals surface area contributed by atoms with Crippen LogP contribution in [-0.2, 0) is 53.9 Å². The van der Waals surface area contributed by atoms with E-state index in [0.717, 1.165) is 0 Å². The number of phenols is 2. The van der Waals surface area contributed by atoms with Crippen molar-refractivity contribution in [3.8, 4) is 11.5 Å². The second-order valence-corrected chi connectivity index (χ2v) is 20.1. The molecule has 0 saturated carbocycles. The van der Waals surface area contributed by atoms with E-state index in [-0.39, 0.29) is 35.4 Å². The van der Waals surface area contributed by atoms with Crippen molar-refractivity contribution in [3.05, 3.63) is 79.9 Å². The highest BCUT2D eigenvalue weighted by Crippen LogP contribution is 2.45. The Bertz CT molecular complexity index is 2220. The van der Waals surface area contributed by atoms with E-state index in [2.05, 4.69) is 0 Å². The van der Waals surface area contributed by atoms with Gasteiger partial charge in [-0.05, 0) is 90.5 Å². The van der Waals surface area contributed by atoms with Gasteiger partial charge >= 0.3 is 17.9 Å². The van der Waals surface area contributed by atoms with E-state index in [4.69, 9.17) is 61.1 Å². The molecule has 404 valence electrons. The van der Waals surface area contributed by atoms with Crippen LogP contribution >= 0.6 is 23.2 Å². The summed E-state index contributed by atoms with van der Waals surface area (Å²) in [6, 6.07) is 0. The zero-order chi connectivity index (χ0) is 54.1. The molecule has 0 aliphatic carbocycles. The van der Waals surface area contributed by atoms with Crippen molar-refractivity contribution >= 4 is 41.1 Å². The van der Waals surface area contributed by atoms with Crippen LogP contribution in [0, 0.1) is 11.8 Å². The first kappa shape index (κ1) is 60.7. The highest BCUT2D eigenvalue weighted by molar-refractivity contribution is 6.39. The summed E-state index contributed by atoms with van der Waals surface area (Å²) in [5, 5.41) is 76.5. The Hall–Kier alpha value is -3.89.